The van der Waals surface area contributed by atoms with Crippen LogP contribution in [0.2, 0.25) is 0 Å². The van der Waals surface area contributed by atoms with Crippen molar-refractivity contribution in [2.75, 3.05) is 58.4 Å². The third-order valence-electron chi connectivity index (χ3n) is 4.77. The Hall–Kier alpha value is -2.91. The summed E-state index contributed by atoms with van der Waals surface area (Å²) in [4.78, 5) is 28.5. The number of benzene rings is 1. The summed E-state index contributed by atoms with van der Waals surface area (Å²) in [5.74, 6) is 0.979. The van der Waals surface area contributed by atoms with Gasteiger partial charge in [-0.3, -0.25) is 9.59 Å². The normalized spacial score (nSPS) is 14.4. The summed E-state index contributed by atoms with van der Waals surface area (Å²) < 4.78 is 15.6. The van der Waals surface area contributed by atoms with Gasteiger partial charge in [0.25, 0.3) is 5.91 Å². The van der Waals surface area contributed by atoms with Crippen LogP contribution in [-0.4, -0.2) is 74.9 Å². The van der Waals surface area contributed by atoms with Gasteiger partial charge in [-0.1, -0.05) is 11.2 Å². The zero-order valence-corrected chi connectivity index (χ0v) is 16.8. The SMILES string of the molecule is COc1cccc(C(=O)N(CC[NH+]2CCOCC2)CC(=O)Nc2cc(C)on2)c1. The first-order valence-corrected chi connectivity index (χ1v) is 9.63. The standard InChI is InChI=1S/C20H26N4O5/c1-15-12-18(22-29-15)21-19(25)14-24(7-6-23-8-10-28-11-9-23)20(26)16-4-3-5-17(13-16)27-2/h3-5,12-13H,6-11,14H2,1-2H3,(H,21,22,25)/p+1. The maximum absolute atomic E-state index is 13.1. The smallest absolute Gasteiger partial charge is 0.254 e. The first-order valence-electron chi connectivity index (χ1n) is 9.63. The zero-order chi connectivity index (χ0) is 20.6. The predicted octanol–water partition coefficient (Wildman–Crippen LogP) is -0.0124. The van der Waals surface area contributed by atoms with Gasteiger partial charge in [-0.25, -0.2) is 0 Å². The van der Waals surface area contributed by atoms with Crippen LogP contribution in [0.25, 0.3) is 0 Å². The largest absolute Gasteiger partial charge is 0.497 e. The van der Waals surface area contributed by atoms with Gasteiger partial charge in [0, 0.05) is 11.6 Å². The van der Waals surface area contributed by atoms with Crippen LogP contribution in [0.3, 0.4) is 0 Å². The number of aryl methyl sites for hydroxylation is 1. The van der Waals surface area contributed by atoms with E-state index in [2.05, 4.69) is 10.5 Å². The third kappa shape index (κ3) is 6.03. The monoisotopic (exact) mass is 403 g/mol. The van der Waals surface area contributed by atoms with Gasteiger partial charge in [-0.15, -0.1) is 0 Å². The number of quaternary nitrogens is 1. The minimum atomic E-state index is -0.327. The van der Waals surface area contributed by atoms with Crippen molar-refractivity contribution in [3.8, 4) is 5.75 Å². The number of morpholine rings is 1. The topological polar surface area (TPSA) is 98.3 Å². The van der Waals surface area contributed by atoms with Crippen LogP contribution >= 0.6 is 0 Å². The molecule has 156 valence electrons. The molecule has 2 heterocycles. The number of rotatable bonds is 8. The summed E-state index contributed by atoms with van der Waals surface area (Å²) in [5, 5.41) is 6.43. The van der Waals surface area contributed by atoms with Crippen LogP contribution in [0.15, 0.2) is 34.9 Å². The van der Waals surface area contributed by atoms with Crippen molar-refractivity contribution in [2.24, 2.45) is 0 Å². The van der Waals surface area contributed by atoms with Gasteiger partial charge < -0.3 is 29.1 Å². The summed E-state index contributed by atoms with van der Waals surface area (Å²) in [6.07, 6.45) is 0. The Morgan fingerprint density at radius 3 is 2.76 bits per heavy atom. The van der Waals surface area contributed by atoms with E-state index in [1.807, 2.05) is 0 Å². The molecule has 1 aromatic heterocycles. The second kappa shape index (κ2) is 10.0. The number of methoxy groups -OCH3 is 1. The molecular weight excluding hydrogens is 376 g/mol. The Morgan fingerprint density at radius 1 is 1.28 bits per heavy atom. The van der Waals surface area contributed by atoms with E-state index < -0.39 is 0 Å². The minimum Gasteiger partial charge on any atom is -0.497 e. The quantitative estimate of drug-likeness (QED) is 0.643. The fraction of sp³-hybridized carbons (Fsp3) is 0.450. The van der Waals surface area contributed by atoms with Crippen molar-refractivity contribution in [3.63, 3.8) is 0 Å². The Morgan fingerprint density at radius 2 is 2.07 bits per heavy atom. The van der Waals surface area contributed by atoms with Gasteiger partial charge in [0.15, 0.2) is 5.82 Å². The summed E-state index contributed by atoms with van der Waals surface area (Å²) in [6, 6.07) is 8.56. The molecule has 2 aromatic rings. The molecule has 1 saturated heterocycles. The molecular formula is C20H27N4O5+. The summed E-state index contributed by atoms with van der Waals surface area (Å²) in [6.45, 7) is 6.08. The van der Waals surface area contributed by atoms with E-state index in [1.54, 1.807) is 49.3 Å². The number of carbonyl (C=O) groups excluding carboxylic acids is 2. The van der Waals surface area contributed by atoms with E-state index in [-0.39, 0.29) is 18.4 Å². The molecule has 0 spiro atoms. The summed E-state index contributed by atoms with van der Waals surface area (Å²) >= 11 is 0. The molecule has 29 heavy (non-hydrogen) atoms. The van der Waals surface area contributed by atoms with Gasteiger partial charge >= 0.3 is 0 Å². The molecule has 9 heteroatoms. The molecule has 9 nitrogen and oxygen atoms in total. The minimum absolute atomic E-state index is 0.0776. The highest BCUT2D eigenvalue weighted by atomic mass is 16.5. The van der Waals surface area contributed by atoms with Crippen molar-refractivity contribution in [3.05, 3.63) is 41.7 Å². The second-order valence-electron chi connectivity index (χ2n) is 6.94. The van der Waals surface area contributed by atoms with Crippen molar-refractivity contribution in [1.82, 2.24) is 10.1 Å². The third-order valence-corrected chi connectivity index (χ3v) is 4.77. The lowest BCUT2D eigenvalue weighted by Gasteiger charge is -2.27. The van der Waals surface area contributed by atoms with Crippen LogP contribution in [0.1, 0.15) is 16.1 Å². The van der Waals surface area contributed by atoms with Crippen molar-refractivity contribution < 1.29 is 28.5 Å². The average Bonchev–Trinajstić information content (AvgIpc) is 3.15. The number of anilines is 1. The number of hydrogen-bond donors (Lipinski definition) is 2. The van der Waals surface area contributed by atoms with E-state index in [0.29, 0.717) is 42.6 Å². The molecule has 0 atom stereocenters. The molecule has 2 N–H and O–H groups in total. The summed E-state index contributed by atoms with van der Waals surface area (Å²) in [5.41, 5.74) is 0.478. The first-order chi connectivity index (χ1) is 14.0. The van der Waals surface area contributed by atoms with E-state index in [4.69, 9.17) is 14.0 Å². The van der Waals surface area contributed by atoms with E-state index >= 15 is 0 Å². The van der Waals surface area contributed by atoms with Crippen LogP contribution in [0.4, 0.5) is 5.82 Å². The number of hydrogen-bond acceptors (Lipinski definition) is 6. The van der Waals surface area contributed by atoms with E-state index in [1.165, 1.54) is 4.90 Å². The molecule has 1 aliphatic rings. The number of nitrogens with zero attached hydrogens (tertiary/aromatic N) is 2. The molecule has 1 fully saturated rings. The predicted molar refractivity (Wildman–Crippen MR) is 105 cm³/mol. The zero-order valence-electron chi connectivity index (χ0n) is 16.8. The lowest BCUT2D eigenvalue weighted by Crippen LogP contribution is -3.14. The van der Waals surface area contributed by atoms with Gasteiger partial charge in [-0.2, -0.15) is 0 Å². The summed E-state index contributed by atoms with van der Waals surface area (Å²) in [7, 11) is 1.55. The van der Waals surface area contributed by atoms with Gasteiger partial charge in [0.2, 0.25) is 5.91 Å². The fourth-order valence-corrected chi connectivity index (χ4v) is 3.18. The molecule has 0 radical (unpaired) electrons. The average molecular weight is 403 g/mol. The number of aromatic nitrogens is 1. The number of nitrogens with one attached hydrogen (secondary N) is 2. The highest BCUT2D eigenvalue weighted by molar-refractivity contribution is 5.99. The molecule has 0 aliphatic carbocycles. The van der Waals surface area contributed by atoms with Gasteiger partial charge in [0.1, 0.15) is 31.1 Å². The van der Waals surface area contributed by atoms with Gasteiger partial charge in [-0.05, 0) is 25.1 Å². The number of ether oxygens (including phenoxy) is 2. The lowest BCUT2D eigenvalue weighted by atomic mass is 10.2. The van der Waals surface area contributed by atoms with E-state index in [0.717, 1.165) is 19.6 Å². The van der Waals surface area contributed by atoms with Crippen LogP contribution in [0.5, 0.6) is 5.75 Å². The van der Waals surface area contributed by atoms with Crippen molar-refractivity contribution >= 4 is 17.6 Å². The highest BCUT2D eigenvalue weighted by Gasteiger charge is 2.23. The number of carbonyl (C=O) groups is 2. The van der Waals surface area contributed by atoms with E-state index in [9.17, 15) is 9.59 Å². The first kappa shape index (κ1) is 20.8. The molecule has 1 aromatic carbocycles. The van der Waals surface area contributed by atoms with Crippen LogP contribution < -0.4 is 15.0 Å². The van der Waals surface area contributed by atoms with Crippen LogP contribution in [-0.2, 0) is 9.53 Å². The van der Waals surface area contributed by atoms with Crippen molar-refractivity contribution in [2.45, 2.75) is 6.92 Å². The number of amides is 2. The Labute approximate surface area is 169 Å². The Kier molecular flexibility index (Phi) is 7.20. The highest BCUT2D eigenvalue weighted by Crippen LogP contribution is 2.14. The molecule has 0 unspecified atom stereocenters. The Balaban J connectivity index is 1.68. The van der Waals surface area contributed by atoms with Crippen molar-refractivity contribution in [1.29, 1.82) is 0 Å². The maximum Gasteiger partial charge on any atom is 0.254 e. The molecule has 1 aliphatic heterocycles. The molecule has 2 amide bonds. The Bertz CT molecular complexity index is 832. The second-order valence-corrected chi connectivity index (χ2v) is 6.94. The molecule has 0 bridgehead atoms. The van der Waals surface area contributed by atoms with Crippen LogP contribution in [0, 0.1) is 6.92 Å². The van der Waals surface area contributed by atoms with Gasteiger partial charge in [0.05, 0.1) is 33.4 Å². The lowest BCUT2D eigenvalue weighted by molar-refractivity contribution is -0.907. The molecule has 3 rings (SSSR count). The fourth-order valence-electron chi connectivity index (χ4n) is 3.18. The maximum atomic E-state index is 13.1. The molecule has 0 saturated carbocycles.